The highest BCUT2D eigenvalue weighted by molar-refractivity contribution is 7.39. The van der Waals surface area contributed by atoms with Gasteiger partial charge in [0.2, 0.25) is 5.65 Å². The zero-order valence-corrected chi connectivity index (χ0v) is 10.6. The molecule has 0 saturated carbocycles. The lowest BCUT2D eigenvalue weighted by Crippen LogP contribution is -2.45. The number of nitrogens with one attached hydrogen (secondary N) is 1. The predicted octanol–water partition coefficient (Wildman–Crippen LogP) is 3.18. The Balaban J connectivity index is 4.36. The molecule has 0 aliphatic carbocycles. The summed E-state index contributed by atoms with van der Waals surface area (Å²) in [7, 11) is 2.17. The minimum absolute atomic E-state index is 0.0198. The van der Waals surface area contributed by atoms with Crippen molar-refractivity contribution in [2.45, 2.75) is 53.0 Å². The topological polar surface area (TPSA) is 29.1 Å². The van der Waals surface area contributed by atoms with E-state index < -0.39 is 0 Å². The van der Waals surface area contributed by atoms with Gasteiger partial charge in [0, 0.05) is 5.54 Å². The number of rotatable bonds is 3. The average molecular weight is 203 g/mol. The van der Waals surface area contributed by atoms with Crippen molar-refractivity contribution < 1.29 is 4.79 Å². The molecular weight excluding hydrogens is 181 g/mol. The van der Waals surface area contributed by atoms with Crippen molar-refractivity contribution in [1.82, 2.24) is 5.32 Å². The largest absolute Gasteiger partial charge is 0.348 e. The van der Waals surface area contributed by atoms with Crippen LogP contribution in [0.2, 0.25) is 0 Å². The smallest absolute Gasteiger partial charge is 0.235 e. The van der Waals surface area contributed by atoms with Crippen LogP contribution in [0.3, 0.4) is 0 Å². The van der Waals surface area contributed by atoms with Gasteiger partial charge in [0.1, 0.15) is 0 Å². The maximum Gasteiger partial charge on any atom is 0.235 e. The van der Waals surface area contributed by atoms with Gasteiger partial charge in [-0.25, -0.2) is 0 Å². The molecule has 0 saturated heterocycles. The molecule has 13 heavy (non-hydrogen) atoms. The lowest BCUT2D eigenvalue weighted by Gasteiger charge is -2.35. The molecule has 0 bridgehead atoms. The summed E-state index contributed by atoms with van der Waals surface area (Å²) in [6.07, 6.45) is 1.96. The number of carbonyl (C=O) groups is 1. The molecule has 2 atom stereocenters. The second-order valence-corrected chi connectivity index (χ2v) is 5.67. The molecule has 78 valence electrons. The molecule has 0 aromatic rings. The second-order valence-electron chi connectivity index (χ2n) is 5.14. The molecule has 0 aliphatic rings. The van der Waals surface area contributed by atoms with Gasteiger partial charge in [-0.05, 0) is 34.4 Å². The van der Waals surface area contributed by atoms with Gasteiger partial charge in [0.25, 0.3) is 0 Å². The van der Waals surface area contributed by atoms with Crippen molar-refractivity contribution in [3.05, 3.63) is 0 Å². The highest BCUT2D eigenvalue weighted by atomic mass is 31.0. The molecule has 0 heterocycles. The first-order valence-corrected chi connectivity index (χ1v) is 5.34. The van der Waals surface area contributed by atoms with Crippen LogP contribution >= 0.6 is 9.24 Å². The van der Waals surface area contributed by atoms with Crippen LogP contribution in [0.15, 0.2) is 0 Å². The van der Waals surface area contributed by atoms with E-state index in [1.54, 1.807) is 0 Å². The SMILES string of the molecule is CCC(C)(CC(C)(C)C)NC(=O)P. The Morgan fingerprint density at radius 1 is 1.31 bits per heavy atom. The molecule has 1 N–H and O–H groups in total. The lowest BCUT2D eigenvalue weighted by molar-refractivity contribution is 0.213. The molecule has 2 unspecified atom stereocenters. The van der Waals surface area contributed by atoms with Gasteiger partial charge in [0.05, 0.1) is 0 Å². The Hall–Kier alpha value is -0.100. The summed E-state index contributed by atoms with van der Waals surface area (Å²) in [6.45, 7) is 10.8. The highest BCUT2D eigenvalue weighted by Gasteiger charge is 2.28. The minimum atomic E-state index is -0.0723. The summed E-state index contributed by atoms with van der Waals surface area (Å²) in [6, 6.07) is 0. The predicted molar refractivity (Wildman–Crippen MR) is 61.0 cm³/mol. The van der Waals surface area contributed by atoms with Crippen LogP contribution in [0.25, 0.3) is 0 Å². The van der Waals surface area contributed by atoms with Crippen molar-refractivity contribution >= 4 is 14.9 Å². The van der Waals surface area contributed by atoms with E-state index >= 15 is 0 Å². The van der Waals surface area contributed by atoms with Gasteiger partial charge in [-0.1, -0.05) is 27.7 Å². The first-order valence-electron chi connectivity index (χ1n) is 4.76. The third kappa shape index (κ3) is 6.04. The van der Waals surface area contributed by atoms with Crippen LogP contribution in [0, 0.1) is 5.41 Å². The summed E-state index contributed by atoms with van der Waals surface area (Å²) in [5, 5.41) is 2.99. The monoisotopic (exact) mass is 203 g/mol. The molecule has 1 amide bonds. The van der Waals surface area contributed by atoms with E-state index in [2.05, 4.69) is 49.2 Å². The number of amides is 1. The quantitative estimate of drug-likeness (QED) is 0.701. The molecule has 0 aromatic carbocycles. The number of carbonyl (C=O) groups excluding carboxylic acids is 1. The van der Waals surface area contributed by atoms with Crippen LogP contribution in [0.4, 0.5) is 4.79 Å². The Morgan fingerprint density at radius 3 is 2.00 bits per heavy atom. The molecule has 0 aromatic heterocycles. The molecule has 3 heteroatoms. The standard InChI is InChI=1S/C10H22NOP/c1-6-10(5,11-8(12)13)7-9(2,3)4/h6-7,13H2,1-5H3,(H,11,12). The summed E-state index contributed by atoms with van der Waals surface area (Å²) in [5.41, 5.74) is 0.156. The van der Waals surface area contributed by atoms with E-state index in [1.165, 1.54) is 0 Å². The van der Waals surface area contributed by atoms with E-state index in [4.69, 9.17) is 0 Å². The molecule has 2 nitrogen and oxygen atoms in total. The lowest BCUT2D eigenvalue weighted by atomic mass is 9.79. The molecule has 0 fully saturated rings. The van der Waals surface area contributed by atoms with E-state index in [-0.39, 0.29) is 16.6 Å². The maximum atomic E-state index is 11.0. The highest BCUT2D eigenvalue weighted by Crippen LogP contribution is 2.29. The van der Waals surface area contributed by atoms with Crippen LogP contribution in [0.1, 0.15) is 47.5 Å². The van der Waals surface area contributed by atoms with Crippen LogP contribution in [0.5, 0.6) is 0 Å². The van der Waals surface area contributed by atoms with Crippen molar-refractivity contribution in [3.63, 3.8) is 0 Å². The zero-order chi connectivity index (χ0) is 10.7. The maximum absolute atomic E-state index is 11.0. The summed E-state index contributed by atoms with van der Waals surface area (Å²) >= 11 is 0. The van der Waals surface area contributed by atoms with E-state index in [0.29, 0.717) is 0 Å². The fraction of sp³-hybridized carbons (Fsp3) is 0.900. The minimum Gasteiger partial charge on any atom is -0.348 e. The fourth-order valence-corrected chi connectivity index (χ4v) is 2.07. The Labute approximate surface area is 84.1 Å². The van der Waals surface area contributed by atoms with Gasteiger partial charge >= 0.3 is 0 Å². The second kappa shape index (κ2) is 4.41. The Kier molecular flexibility index (Phi) is 4.38. The Bertz CT molecular complexity index is 186. The van der Waals surface area contributed by atoms with Crippen LogP contribution in [-0.4, -0.2) is 11.2 Å². The first kappa shape index (κ1) is 12.9. The Morgan fingerprint density at radius 2 is 1.77 bits per heavy atom. The van der Waals surface area contributed by atoms with Gasteiger partial charge in [0.15, 0.2) is 0 Å². The number of hydrogen-bond acceptors (Lipinski definition) is 1. The summed E-state index contributed by atoms with van der Waals surface area (Å²) in [5.74, 6) is 0. The van der Waals surface area contributed by atoms with Gasteiger partial charge < -0.3 is 5.32 Å². The summed E-state index contributed by atoms with van der Waals surface area (Å²) in [4.78, 5) is 11.0. The molecule has 0 radical (unpaired) electrons. The van der Waals surface area contributed by atoms with E-state index in [1.807, 2.05) is 0 Å². The van der Waals surface area contributed by atoms with Gasteiger partial charge in [-0.2, -0.15) is 0 Å². The van der Waals surface area contributed by atoms with Crippen molar-refractivity contribution in [1.29, 1.82) is 0 Å². The molecule has 0 rings (SSSR count). The van der Waals surface area contributed by atoms with Crippen LogP contribution < -0.4 is 5.32 Å². The van der Waals surface area contributed by atoms with Crippen molar-refractivity contribution in [2.24, 2.45) is 5.41 Å². The van der Waals surface area contributed by atoms with E-state index in [9.17, 15) is 4.79 Å². The third-order valence-corrected chi connectivity index (χ3v) is 2.27. The fourth-order valence-electron chi connectivity index (χ4n) is 1.73. The van der Waals surface area contributed by atoms with Crippen molar-refractivity contribution in [3.8, 4) is 0 Å². The van der Waals surface area contributed by atoms with Gasteiger partial charge in [-0.3, -0.25) is 4.79 Å². The molecule has 0 spiro atoms. The normalized spacial score (nSPS) is 16.5. The number of hydrogen-bond donors (Lipinski definition) is 1. The van der Waals surface area contributed by atoms with Crippen LogP contribution in [-0.2, 0) is 0 Å². The summed E-state index contributed by atoms with van der Waals surface area (Å²) < 4.78 is 0. The molecular formula is C10H22NOP. The molecule has 0 aliphatic heterocycles. The van der Waals surface area contributed by atoms with Gasteiger partial charge in [-0.15, -0.1) is 0 Å². The average Bonchev–Trinajstić information content (AvgIpc) is 1.81. The third-order valence-electron chi connectivity index (χ3n) is 2.13. The van der Waals surface area contributed by atoms with E-state index in [0.717, 1.165) is 12.8 Å². The first-order chi connectivity index (χ1) is 5.68. The zero-order valence-electron chi connectivity index (χ0n) is 9.40. The van der Waals surface area contributed by atoms with Crippen molar-refractivity contribution in [2.75, 3.05) is 0 Å².